The zero-order valence-electron chi connectivity index (χ0n) is 12.0. The van der Waals surface area contributed by atoms with Gasteiger partial charge in [0.15, 0.2) is 11.5 Å². The molecule has 1 aromatic rings. The normalized spacial score (nSPS) is 28.0. The molecule has 2 bridgehead atoms. The van der Waals surface area contributed by atoms with Crippen molar-refractivity contribution in [2.75, 3.05) is 36.0 Å². The van der Waals surface area contributed by atoms with Crippen LogP contribution in [-0.4, -0.2) is 48.6 Å². The van der Waals surface area contributed by atoms with Crippen LogP contribution in [0.1, 0.15) is 31.4 Å². The maximum Gasteiger partial charge on any atom is 0.186 e. The highest BCUT2D eigenvalue weighted by Crippen LogP contribution is 2.32. The average Bonchev–Trinajstić information content (AvgIpc) is 2.54. The third kappa shape index (κ3) is 2.32. The van der Waals surface area contributed by atoms with E-state index >= 15 is 0 Å². The molecule has 0 spiro atoms. The summed E-state index contributed by atoms with van der Waals surface area (Å²) in [6, 6.07) is 4.23. The van der Waals surface area contributed by atoms with E-state index in [-0.39, 0.29) is 0 Å². The molecular weight excluding hydrogens is 266 g/mol. The van der Waals surface area contributed by atoms with Gasteiger partial charge in [-0.25, -0.2) is 0 Å². The molecule has 0 radical (unpaired) electrons. The zero-order valence-corrected chi connectivity index (χ0v) is 12.0. The number of fused-ring (bicyclic) bond motifs is 2. The number of anilines is 2. The van der Waals surface area contributed by atoms with Crippen LogP contribution < -0.4 is 9.80 Å². The number of ether oxygens (including phenoxy) is 1. The van der Waals surface area contributed by atoms with Gasteiger partial charge in [-0.05, 0) is 19.3 Å². The highest BCUT2D eigenvalue weighted by molar-refractivity contribution is 5.61. The van der Waals surface area contributed by atoms with Gasteiger partial charge in [-0.15, -0.1) is 10.2 Å². The summed E-state index contributed by atoms with van der Waals surface area (Å²) in [7, 11) is 0. The van der Waals surface area contributed by atoms with Crippen LogP contribution in [0.4, 0.5) is 11.5 Å². The van der Waals surface area contributed by atoms with Crippen molar-refractivity contribution in [3.8, 4) is 6.07 Å². The summed E-state index contributed by atoms with van der Waals surface area (Å²) in [5.74, 6) is 0.882. The molecule has 0 amide bonds. The molecule has 110 valence electrons. The van der Waals surface area contributed by atoms with Crippen LogP contribution in [0.2, 0.25) is 0 Å². The lowest BCUT2D eigenvalue weighted by atomic mass is 9.99. The van der Waals surface area contributed by atoms with E-state index < -0.39 is 0 Å². The van der Waals surface area contributed by atoms with Crippen molar-refractivity contribution >= 4 is 11.5 Å². The summed E-state index contributed by atoms with van der Waals surface area (Å²) in [6.07, 6.45) is 5.50. The fourth-order valence-electron chi connectivity index (χ4n) is 3.52. The third-order valence-electron chi connectivity index (χ3n) is 4.65. The van der Waals surface area contributed by atoms with Crippen molar-refractivity contribution in [2.45, 2.75) is 37.9 Å². The molecule has 6 nitrogen and oxygen atoms in total. The van der Waals surface area contributed by atoms with Crippen LogP contribution in [0.3, 0.4) is 0 Å². The minimum absolute atomic E-state index is 0.347. The Balaban J connectivity index is 1.62. The summed E-state index contributed by atoms with van der Waals surface area (Å²) >= 11 is 0. The van der Waals surface area contributed by atoms with Crippen molar-refractivity contribution in [1.29, 1.82) is 5.26 Å². The van der Waals surface area contributed by atoms with E-state index in [1.165, 1.54) is 25.7 Å². The molecule has 4 aliphatic rings. The van der Waals surface area contributed by atoms with Crippen LogP contribution in [0.25, 0.3) is 0 Å². The molecule has 1 aromatic heterocycles. The van der Waals surface area contributed by atoms with E-state index in [1.54, 1.807) is 0 Å². The molecule has 0 aromatic carbocycles. The molecule has 4 aliphatic heterocycles. The second-order valence-electron chi connectivity index (χ2n) is 6.12. The van der Waals surface area contributed by atoms with Gasteiger partial charge < -0.3 is 14.5 Å². The highest BCUT2D eigenvalue weighted by atomic mass is 16.5. The first-order valence-electron chi connectivity index (χ1n) is 7.76. The van der Waals surface area contributed by atoms with Crippen LogP contribution in [-0.2, 0) is 4.74 Å². The largest absolute Gasteiger partial charge is 0.371 e. The molecule has 2 unspecified atom stereocenters. The molecule has 5 heterocycles. The van der Waals surface area contributed by atoms with E-state index in [9.17, 15) is 5.26 Å². The van der Waals surface area contributed by atoms with E-state index in [0.29, 0.717) is 17.9 Å². The number of nitriles is 1. The Hall–Kier alpha value is -1.87. The third-order valence-corrected chi connectivity index (χ3v) is 4.65. The molecular formula is C15H19N5O. The summed E-state index contributed by atoms with van der Waals surface area (Å²) < 4.78 is 5.67. The number of hydrogen-bond acceptors (Lipinski definition) is 6. The average molecular weight is 285 g/mol. The summed E-state index contributed by atoms with van der Waals surface area (Å²) in [6.45, 7) is 3.79. The van der Waals surface area contributed by atoms with E-state index in [0.717, 1.165) is 37.7 Å². The minimum atomic E-state index is 0.347. The quantitative estimate of drug-likeness (QED) is 0.816. The van der Waals surface area contributed by atoms with Gasteiger partial charge in [0.1, 0.15) is 6.07 Å². The number of rotatable bonds is 2. The minimum Gasteiger partial charge on any atom is -0.371 e. The fraction of sp³-hybridized carbons (Fsp3) is 0.667. The molecule has 0 saturated carbocycles. The van der Waals surface area contributed by atoms with Gasteiger partial charge in [-0.2, -0.15) is 5.26 Å². The maximum atomic E-state index is 9.29. The summed E-state index contributed by atoms with van der Waals surface area (Å²) in [5.41, 5.74) is 1.39. The van der Waals surface area contributed by atoms with Crippen LogP contribution in [0.15, 0.2) is 6.07 Å². The number of piperidine rings is 2. The molecule has 5 rings (SSSR count). The van der Waals surface area contributed by atoms with Gasteiger partial charge in [0, 0.05) is 38.7 Å². The molecule has 4 fully saturated rings. The SMILES string of the molecule is N#Cc1nnc(N2CC3CC(C2)O3)cc1N1CCCCC1. The van der Waals surface area contributed by atoms with Gasteiger partial charge in [0.25, 0.3) is 0 Å². The van der Waals surface area contributed by atoms with Gasteiger partial charge in [0.2, 0.25) is 0 Å². The van der Waals surface area contributed by atoms with Gasteiger partial charge in [-0.1, -0.05) is 0 Å². The predicted octanol–water partition coefficient (Wildman–Crippen LogP) is 1.32. The van der Waals surface area contributed by atoms with Crippen molar-refractivity contribution in [3.05, 3.63) is 11.8 Å². The van der Waals surface area contributed by atoms with E-state index in [1.807, 2.05) is 6.07 Å². The highest BCUT2D eigenvalue weighted by Gasteiger charge is 2.39. The lowest BCUT2D eigenvalue weighted by molar-refractivity contribution is -0.133. The van der Waals surface area contributed by atoms with Gasteiger partial charge >= 0.3 is 0 Å². The molecule has 0 aliphatic carbocycles. The first-order valence-corrected chi connectivity index (χ1v) is 7.76. The number of morpholine rings is 1. The van der Waals surface area contributed by atoms with Gasteiger partial charge in [-0.3, -0.25) is 0 Å². The molecule has 0 N–H and O–H groups in total. The topological polar surface area (TPSA) is 65.3 Å². The smallest absolute Gasteiger partial charge is 0.186 e. The lowest BCUT2D eigenvalue weighted by Crippen LogP contribution is -2.57. The van der Waals surface area contributed by atoms with E-state index in [2.05, 4.69) is 26.1 Å². The molecule has 4 saturated heterocycles. The first kappa shape index (κ1) is 12.8. The van der Waals surface area contributed by atoms with Crippen molar-refractivity contribution in [2.24, 2.45) is 0 Å². The molecule has 2 atom stereocenters. The first-order chi connectivity index (χ1) is 10.3. The van der Waals surface area contributed by atoms with Crippen molar-refractivity contribution < 1.29 is 4.74 Å². The zero-order chi connectivity index (χ0) is 14.2. The monoisotopic (exact) mass is 285 g/mol. The second kappa shape index (κ2) is 5.15. The summed E-state index contributed by atoms with van der Waals surface area (Å²) in [5, 5.41) is 17.7. The van der Waals surface area contributed by atoms with Crippen LogP contribution >= 0.6 is 0 Å². The number of nitrogens with zero attached hydrogens (tertiary/aromatic N) is 5. The predicted molar refractivity (Wildman–Crippen MR) is 78.3 cm³/mol. The Labute approximate surface area is 124 Å². The lowest BCUT2D eigenvalue weighted by Gasteiger charge is -2.47. The number of aromatic nitrogens is 2. The standard InChI is InChI=1S/C15H19N5O/c16-8-13-14(19-4-2-1-3-5-19)7-15(18-17-13)20-9-11-6-12(10-20)21-11/h7,11-12H,1-6,9-10H2. The maximum absolute atomic E-state index is 9.29. The summed E-state index contributed by atoms with van der Waals surface area (Å²) in [4.78, 5) is 4.52. The van der Waals surface area contributed by atoms with Crippen LogP contribution in [0.5, 0.6) is 0 Å². The van der Waals surface area contributed by atoms with Crippen molar-refractivity contribution in [3.63, 3.8) is 0 Å². The van der Waals surface area contributed by atoms with E-state index in [4.69, 9.17) is 4.74 Å². The Kier molecular flexibility index (Phi) is 3.15. The molecule has 6 heteroatoms. The Morgan fingerprint density at radius 2 is 1.81 bits per heavy atom. The fourth-order valence-corrected chi connectivity index (χ4v) is 3.52. The Morgan fingerprint density at radius 3 is 2.48 bits per heavy atom. The molecule has 21 heavy (non-hydrogen) atoms. The number of hydrogen-bond donors (Lipinski definition) is 0. The second-order valence-corrected chi connectivity index (χ2v) is 6.12. The Bertz CT molecular complexity index is 562. The Morgan fingerprint density at radius 1 is 1.10 bits per heavy atom. The van der Waals surface area contributed by atoms with Crippen LogP contribution in [0, 0.1) is 11.3 Å². The van der Waals surface area contributed by atoms with Crippen molar-refractivity contribution in [1.82, 2.24) is 10.2 Å². The van der Waals surface area contributed by atoms with Gasteiger partial charge in [0.05, 0.1) is 17.9 Å².